The first-order chi connectivity index (χ1) is 13.3. The van der Waals surface area contributed by atoms with Gasteiger partial charge in [0, 0.05) is 31.4 Å². The number of guanidine groups is 1. The highest BCUT2D eigenvalue weighted by Gasteiger charge is 2.42. The number of nitrogens with zero attached hydrogens (tertiary/aromatic N) is 1. The number of hydrogen-bond acceptors (Lipinski definition) is 5. The van der Waals surface area contributed by atoms with Crippen molar-refractivity contribution in [2.75, 3.05) is 32.6 Å². The maximum Gasteiger partial charge on any atom is 0.191 e. The molecule has 0 amide bonds. The van der Waals surface area contributed by atoms with Crippen LogP contribution in [0.1, 0.15) is 38.5 Å². The minimum Gasteiger partial charge on any atom is -0.459 e. The van der Waals surface area contributed by atoms with Crippen LogP contribution in [0.3, 0.4) is 0 Å². The smallest absolute Gasteiger partial charge is 0.191 e. The summed E-state index contributed by atoms with van der Waals surface area (Å²) in [6, 6.07) is 9.75. The van der Waals surface area contributed by atoms with Crippen LogP contribution in [0.5, 0.6) is 0 Å². The van der Waals surface area contributed by atoms with E-state index in [1.807, 2.05) is 44.2 Å². The Hall–Kier alpha value is -1.33. The van der Waals surface area contributed by atoms with E-state index in [9.17, 15) is 8.42 Å². The van der Waals surface area contributed by atoms with Crippen LogP contribution < -0.4 is 10.6 Å². The van der Waals surface area contributed by atoms with Gasteiger partial charge in [-0.3, -0.25) is 4.99 Å². The van der Waals surface area contributed by atoms with Gasteiger partial charge in [-0.15, -0.1) is 24.0 Å². The summed E-state index contributed by atoms with van der Waals surface area (Å²) < 4.78 is 35.3. The van der Waals surface area contributed by atoms with Crippen molar-refractivity contribution >= 4 is 50.7 Å². The van der Waals surface area contributed by atoms with Crippen LogP contribution in [0.25, 0.3) is 11.0 Å². The van der Waals surface area contributed by atoms with Crippen LogP contribution in [-0.4, -0.2) is 51.7 Å². The lowest BCUT2D eigenvalue weighted by atomic mass is 9.99. The van der Waals surface area contributed by atoms with Crippen molar-refractivity contribution in [1.82, 2.24) is 10.6 Å². The molecule has 1 aliphatic heterocycles. The number of furan rings is 1. The Morgan fingerprint density at radius 3 is 2.59 bits per heavy atom. The number of rotatable bonds is 6. The average Bonchev–Trinajstić information content (AvgIpc) is 3.10. The van der Waals surface area contributed by atoms with E-state index in [2.05, 4.69) is 15.6 Å². The molecule has 162 valence electrons. The van der Waals surface area contributed by atoms with Gasteiger partial charge in [-0.25, -0.2) is 8.42 Å². The molecule has 1 unspecified atom stereocenters. The molecule has 7 nitrogen and oxygen atoms in total. The Morgan fingerprint density at radius 2 is 1.97 bits per heavy atom. The van der Waals surface area contributed by atoms with Gasteiger partial charge in [0.05, 0.1) is 17.3 Å². The number of aliphatic imine (C=N–C) groups is 1. The van der Waals surface area contributed by atoms with Crippen LogP contribution >= 0.6 is 24.0 Å². The summed E-state index contributed by atoms with van der Waals surface area (Å²) in [6.45, 7) is 5.74. The summed E-state index contributed by atoms with van der Waals surface area (Å²) in [7, 11) is -3.26. The Morgan fingerprint density at radius 1 is 1.28 bits per heavy atom. The van der Waals surface area contributed by atoms with Gasteiger partial charge in [-0.05, 0) is 38.8 Å². The third-order valence-corrected chi connectivity index (χ3v) is 7.40. The average molecular weight is 535 g/mol. The van der Waals surface area contributed by atoms with Crippen LogP contribution in [0.4, 0.5) is 0 Å². The number of fused-ring (bicyclic) bond motifs is 1. The van der Waals surface area contributed by atoms with Gasteiger partial charge in [-0.2, -0.15) is 0 Å². The van der Waals surface area contributed by atoms with Crippen molar-refractivity contribution in [3.8, 4) is 0 Å². The molecule has 2 N–H and O–H groups in total. The van der Waals surface area contributed by atoms with Gasteiger partial charge in [0.15, 0.2) is 15.8 Å². The summed E-state index contributed by atoms with van der Waals surface area (Å²) in [4.78, 5) is 4.61. The fraction of sp³-hybridized carbons (Fsp3) is 0.550. The van der Waals surface area contributed by atoms with Gasteiger partial charge in [0.25, 0.3) is 0 Å². The Kier molecular flexibility index (Phi) is 8.36. The number of hydrogen-bond donors (Lipinski definition) is 2. The van der Waals surface area contributed by atoms with E-state index in [0.717, 1.165) is 16.7 Å². The third-order valence-electron chi connectivity index (χ3n) is 5.28. The molecule has 3 rings (SSSR count). The maximum atomic E-state index is 12.4. The van der Waals surface area contributed by atoms with Crippen LogP contribution in [0, 0.1) is 0 Å². The van der Waals surface area contributed by atoms with Gasteiger partial charge in [-0.1, -0.05) is 18.2 Å². The lowest BCUT2D eigenvalue weighted by molar-refractivity contribution is 0.0768. The number of halogens is 1. The fourth-order valence-corrected chi connectivity index (χ4v) is 4.63. The molecule has 2 heterocycles. The van der Waals surface area contributed by atoms with Crippen molar-refractivity contribution in [2.24, 2.45) is 4.99 Å². The van der Waals surface area contributed by atoms with E-state index < -0.39 is 14.6 Å². The lowest BCUT2D eigenvalue weighted by Crippen LogP contribution is -2.47. The molecule has 29 heavy (non-hydrogen) atoms. The number of para-hydroxylation sites is 1. The van der Waals surface area contributed by atoms with Gasteiger partial charge in [0.1, 0.15) is 11.3 Å². The zero-order chi connectivity index (χ0) is 20.2. The minimum atomic E-state index is -3.26. The SMILES string of the molecule is CCNC(=NCC1(S(C)(=O)=O)CCOCC1)NC(C)c1cc2ccccc2o1.I. The second kappa shape index (κ2) is 10.1. The maximum absolute atomic E-state index is 12.4. The molecule has 1 aromatic heterocycles. The molecule has 0 aliphatic carbocycles. The first kappa shape index (κ1) is 23.9. The van der Waals surface area contributed by atoms with Crippen LogP contribution in [0.2, 0.25) is 0 Å². The van der Waals surface area contributed by atoms with Crippen molar-refractivity contribution in [3.05, 3.63) is 36.1 Å². The first-order valence-corrected chi connectivity index (χ1v) is 11.5. The van der Waals surface area contributed by atoms with E-state index >= 15 is 0 Å². The highest BCUT2D eigenvalue weighted by molar-refractivity contribution is 14.0. The molecule has 1 aromatic carbocycles. The second-order valence-corrected chi connectivity index (χ2v) is 9.73. The number of benzene rings is 1. The predicted molar refractivity (Wildman–Crippen MR) is 127 cm³/mol. The van der Waals surface area contributed by atoms with E-state index in [1.165, 1.54) is 6.26 Å². The molecule has 9 heteroatoms. The monoisotopic (exact) mass is 535 g/mol. The number of ether oxygens (including phenoxy) is 1. The number of sulfone groups is 1. The number of nitrogens with one attached hydrogen (secondary N) is 2. The van der Waals surface area contributed by atoms with E-state index in [-0.39, 0.29) is 36.6 Å². The third kappa shape index (κ3) is 5.64. The van der Waals surface area contributed by atoms with Crippen LogP contribution in [-0.2, 0) is 14.6 Å². The van der Waals surface area contributed by atoms with Gasteiger partial charge < -0.3 is 19.8 Å². The lowest BCUT2D eigenvalue weighted by Gasteiger charge is -2.34. The molecule has 0 saturated carbocycles. The highest BCUT2D eigenvalue weighted by Crippen LogP contribution is 2.30. The highest BCUT2D eigenvalue weighted by atomic mass is 127. The van der Waals surface area contributed by atoms with Crippen LogP contribution in [0.15, 0.2) is 39.7 Å². The summed E-state index contributed by atoms with van der Waals surface area (Å²) in [5.74, 6) is 1.38. The first-order valence-electron chi connectivity index (χ1n) is 9.65. The van der Waals surface area contributed by atoms with E-state index in [4.69, 9.17) is 9.15 Å². The molecule has 2 aromatic rings. The van der Waals surface area contributed by atoms with E-state index in [0.29, 0.717) is 38.6 Å². The Labute approximate surface area is 189 Å². The molecule has 0 radical (unpaired) electrons. The summed E-state index contributed by atoms with van der Waals surface area (Å²) in [5, 5.41) is 7.57. The van der Waals surface area contributed by atoms with E-state index in [1.54, 1.807) is 0 Å². The standard InChI is InChI=1S/C20H29N3O4S.HI/c1-4-21-19(22-14-20(28(3,24)25)9-11-26-12-10-20)23-15(2)18-13-16-7-5-6-8-17(16)27-18;/h5-8,13,15H,4,9-12,14H2,1-3H3,(H2,21,22,23);1H. The zero-order valence-corrected chi connectivity index (χ0v) is 20.3. The molecule has 1 atom stereocenters. The fourth-order valence-electron chi connectivity index (χ4n) is 3.42. The molecule has 1 fully saturated rings. The van der Waals surface area contributed by atoms with Crippen molar-refractivity contribution in [3.63, 3.8) is 0 Å². The zero-order valence-electron chi connectivity index (χ0n) is 17.1. The summed E-state index contributed by atoms with van der Waals surface area (Å²) in [5.41, 5.74) is 0.839. The van der Waals surface area contributed by atoms with Gasteiger partial charge in [0.2, 0.25) is 0 Å². The quantitative estimate of drug-likeness (QED) is 0.335. The molecule has 0 bridgehead atoms. The van der Waals surface area contributed by atoms with Gasteiger partial charge >= 0.3 is 0 Å². The summed E-state index contributed by atoms with van der Waals surface area (Å²) in [6.07, 6.45) is 2.23. The molecule has 1 aliphatic rings. The normalized spacial score (nSPS) is 18.1. The van der Waals surface area contributed by atoms with Crippen molar-refractivity contribution in [1.29, 1.82) is 0 Å². The summed E-state index contributed by atoms with van der Waals surface area (Å²) >= 11 is 0. The molecular formula is C20H30IN3O4S. The minimum absolute atomic E-state index is 0. The van der Waals surface area contributed by atoms with Crippen molar-refractivity contribution < 1.29 is 17.6 Å². The Balaban J connectivity index is 0.00000300. The topological polar surface area (TPSA) is 92.9 Å². The Bertz CT molecular complexity index is 903. The molecule has 0 spiro atoms. The molecule has 1 saturated heterocycles. The predicted octanol–water partition coefficient (Wildman–Crippen LogP) is 3.26. The molecular weight excluding hydrogens is 505 g/mol. The largest absolute Gasteiger partial charge is 0.459 e. The second-order valence-electron chi connectivity index (χ2n) is 7.32. The van der Waals surface area contributed by atoms with Crippen molar-refractivity contribution in [2.45, 2.75) is 37.5 Å².